The van der Waals surface area contributed by atoms with Crippen LogP contribution in [-0.4, -0.2) is 17.4 Å². The Hall–Kier alpha value is -1.62. The van der Waals surface area contributed by atoms with Gasteiger partial charge in [-0.15, -0.1) is 0 Å². The number of aromatic nitrogens is 1. The number of nitrogens with two attached hydrogens (primary N) is 1. The van der Waals surface area contributed by atoms with E-state index >= 15 is 0 Å². The van der Waals surface area contributed by atoms with E-state index in [4.69, 9.17) is 5.84 Å². The Bertz CT molecular complexity index is 336. The third kappa shape index (κ3) is 3.51. The van der Waals surface area contributed by atoms with Gasteiger partial charge in [0.25, 0.3) is 5.91 Å². The number of hydrazine groups is 1. The number of hydrogen-bond donors (Lipinski definition) is 3. The molecule has 1 rings (SSSR count). The van der Waals surface area contributed by atoms with Gasteiger partial charge in [-0.1, -0.05) is 20.3 Å². The molecule has 88 valence electrons. The maximum atomic E-state index is 11.6. The lowest BCUT2D eigenvalue weighted by molar-refractivity contribution is 0.0943. The van der Waals surface area contributed by atoms with Crippen LogP contribution in [0.2, 0.25) is 0 Å². The Morgan fingerprint density at radius 2 is 2.31 bits per heavy atom. The Balaban J connectivity index is 2.52. The Morgan fingerprint density at radius 3 is 2.81 bits per heavy atom. The number of rotatable bonds is 5. The van der Waals surface area contributed by atoms with Crippen LogP contribution in [-0.2, 0) is 0 Å². The van der Waals surface area contributed by atoms with Gasteiger partial charge in [0.05, 0.1) is 11.9 Å². The molecule has 0 spiro atoms. The van der Waals surface area contributed by atoms with Gasteiger partial charge in [0.15, 0.2) is 0 Å². The van der Waals surface area contributed by atoms with Gasteiger partial charge in [-0.25, -0.2) is 4.98 Å². The van der Waals surface area contributed by atoms with E-state index in [0.29, 0.717) is 23.8 Å². The molecule has 5 heteroatoms. The van der Waals surface area contributed by atoms with Crippen molar-refractivity contribution in [3.63, 3.8) is 0 Å². The highest BCUT2D eigenvalue weighted by atomic mass is 16.1. The molecule has 4 N–H and O–H groups in total. The number of carbonyl (C=O) groups excluding carboxylic acids is 1. The van der Waals surface area contributed by atoms with Crippen molar-refractivity contribution < 1.29 is 4.79 Å². The van der Waals surface area contributed by atoms with Crippen LogP contribution in [0.3, 0.4) is 0 Å². The van der Waals surface area contributed by atoms with E-state index in [2.05, 4.69) is 29.6 Å². The molecule has 1 amide bonds. The molecule has 0 bridgehead atoms. The maximum Gasteiger partial charge on any atom is 0.269 e. The number of nitrogens with one attached hydrogen (secondary N) is 2. The van der Waals surface area contributed by atoms with E-state index in [1.165, 1.54) is 6.20 Å². The predicted octanol–water partition coefficient (Wildman–Crippen LogP) is 1.14. The summed E-state index contributed by atoms with van der Waals surface area (Å²) in [5, 5.41) is 2.83. The molecule has 0 aromatic carbocycles. The highest BCUT2D eigenvalue weighted by molar-refractivity contribution is 5.92. The second-order valence-electron chi connectivity index (χ2n) is 3.80. The van der Waals surface area contributed by atoms with Crippen LogP contribution >= 0.6 is 0 Å². The molecule has 16 heavy (non-hydrogen) atoms. The lowest BCUT2D eigenvalue weighted by atomic mass is 10.1. The SMILES string of the molecule is CCC(C)CNC(=O)c1ccc(NN)cn1. The summed E-state index contributed by atoms with van der Waals surface area (Å²) >= 11 is 0. The number of hydrogen-bond acceptors (Lipinski definition) is 4. The second kappa shape index (κ2) is 6.07. The first kappa shape index (κ1) is 12.4. The monoisotopic (exact) mass is 222 g/mol. The maximum absolute atomic E-state index is 11.6. The van der Waals surface area contributed by atoms with Gasteiger partial charge in [-0.2, -0.15) is 0 Å². The van der Waals surface area contributed by atoms with Gasteiger partial charge in [0.2, 0.25) is 0 Å². The fourth-order valence-electron chi connectivity index (χ4n) is 1.12. The molecule has 0 aliphatic rings. The highest BCUT2D eigenvalue weighted by Gasteiger charge is 2.07. The molecule has 0 fully saturated rings. The van der Waals surface area contributed by atoms with Crippen molar-refractivity contribution in [2.75, 3.05) is 12.0 Å². The van der Waals surface area contributed by atoms with Crippen molar-refractivity contribution in [1.82, 2.24) is 10.3 Å². The van der Waals surface area contributed by atoms with Crippen LogP contribution < -0.4 is 16.6 Å². The molecule has 5 nitrogen and oxygen atoms in total. The smallest absolute Gasteiger partial charge is 0.269 e. The predicted molar refractivity (Wildman–Crippen MR) is 63.8 cm³/mol. The first-order valence-electron chi connectivity index (χ1n) is 5.38. The zero-order valence-electron chi connectivity index (χ0n) is 9.66. The van der Waals surface area contributed by atoms with Crippen molar-refractivity contribution in [2.45, 2.75) is 20.3 Å². The largest absolute Gasteiger partial charge is 0.350 e. The summed E-state index contributed by atoms with van der Waals surface area (Å²) in [7, 11) is 0. The van der Waals surface area contributed by atoms with Crippen LogP contribution in [0, 0.1) is 5.92 Å². The number of nitrogens with zero attached hydrogens (tertiary/aromatic N) is 1. The van der Waals surface area contributed by atoms with Gasteiger partial charge in [-0.3, -0.25) is 10.6 Å². The van der Waals surface area contributed by atoms with Gasteiger partial charge in [0.1, 0.15) is 5.69 Å². The first-order valence-corrected chi connectivity index (χ1v) is 5.38. The molecule has 1 aromatic heterocycles. The third-order valence-electron chi connectivity index (χ3n) is 2.47. The topological polar surface area (TPSA) is 80.0 Å². The van der Waals surface area contributed by atoms with E-state index in [1.54, 1.807) is 12.1 Å². The van der Waals surface area contributed by atoms with Gasteiger partial charge >= 0.3 is 0 Å². The van der Waals surface area contributed by atoms with Crippen molar-refractivity contribution in [3.05, 3.63) is 24.0 Å². The van der Waals surface area contributed by atoms with Crippen LogP contribution in [0.1, 0.15) is 30.8 Å². The number of nitrogen functional groups attached to an aromatic ring is 1. The minimum absolute atomic E-state index is 0.149. The molecule has 0 aliphatic carbocycles. The van der Waals surface area contributed by atoms with E-state index in [-0.39, 0.29) is 5.91 Å². The summed E-state index contributed by atoms with van der Waals surface area (Å²) in [4.78, 5) is 15.6. The average molecular weight is 222 g/mol. The molecular formula is C11H18N4O. The summed E-state index contributed by atoms with van der Waals surface area (Å²) < 4.78 is 0. The third-order valence-corrected chi connectivity index (χ3v) is 2.47. The number of carbonyl (C=O) groups is 1. The molecule has 0 saturated heterocycles. The minimum Gasteiger partial charge on any atom is -0.350 e. The van der Waals surface area contributed by atoms with Gasteiger partial charge in [0, 0.05) is 6.54 Å². The van der Waals surface area contributed by atoms with E-state index in [9.17, 15) is 4.79 Å². The van der Waals surface area contributed by atoms with Gasteiger partial charge in [-0.05, 0) is 18.1 Å². The summed E-state index contributed by atoms with van der Waals surface area (Å²) in [5.74, 6) is 5.53. The molecule has 1 atom stereocenters. The van der Waals surface area contributed by atoms with Crippen molar-refractivity contribution in [1.29, 1.82) is 0 Å². The second-order valence-corrected chi connectivity index (χ2v) is 3.80. The lowest BCUT2D eigenvalue weighted by Crippen LogP contribution is -2.28. The minimum atomic E-state index is -0.149. The standard InChI is InChI=1S/C11H18N4O/c1-3-8(2)6-14-11(16)10-5-4-9(15-12)7-13-10/h4-5,7-8,15H,3,6,12H2,1-2H3,(H,14,16). The number of anilines is 1. The Kier molecular flexibility index (Phi) is 4.72. The van der Waals surface area contributed by atoms with Crippen molar-refractivity contribution >= 4 is 11.6 Å². The number of pyridine rings is 1. The molecule has 0 aliphatic heterocycles. The zero-order chi connectivity index (χ0) is 12.0. The zero-order valence-corrected chi connectivity index (χ0v) is 9.66. The fraction of sp³-hybridized carbons (Fsp3) is 0.455. The highest BCUT2D eigenvalue weighted by Crippen LogP contribution is 2.04. The molecule has 1 heterocycles. The van der Waals surface area contributed by atoms with Crippen LogP contribution in [0.25, 0.3) is 0 Å². The average Bonchev–Trinajstić information content (AvgIpc) is 2.35. The summed E-state index contributed by atoms with van der Waals surface area (Å²) in [5.41, 5.74) is 3.54. The quantitative estimate of drug-likeness (QED) is 0.515. The van der Waals surface area contributed by atoms with Crippen molar-refractivity contribution in [3.8, 4) is 0 Å². The van der Waals surface area contributed by atoms with Gasteiger partial charge < -0.3 is 10.7 Å². The number of amides is 1. The van der Waals surface area contributed by atoms with Crippen molar-refractivity contribution in [2.24, 2.45) is 11.8 Å². The fourth-order valence-corrected chi connectivity index (χ4v) is 1.12. The summed E-state index contributed by atoms with van der Waals surface area (Å²) in [6.45, 7) is 4.86. The summed E-state index contributed by atoms with van der Waals surface area (Å²) in [6, 6.07) is 3.35. The van der Waals surface area contributed by atoms with Crippen LogP contribution in [0.5, 0.6) is 0 Å². The van der Waals surface area contributed by atoms with Crippen LogP contribution in [0.4, 0.5) is 5.69 Å². The normalized spacial score (nSPS) is 11.9. The molecule has 0 saturated carbocycles. The molecule has 1 aromatic rings. The Morgan fingerprint density at radius 1 is 1.56 bits per heavy atom. The Labute approximate surface area is 95.4 Å². The lowest BCUT2D eigenvalue weighted by Gasteiger charge is -2.09. The van der Waals surface area contributed by atoms with E-state index in [1.807, 2.05) is 0 Å². The summed E-state index contributed by atoms with van der Waals surface area (Å²) in [6.07, 6.45) is 2.57. The van der Waals surface area contributed by atoms with E-state index < -0.39 is 0 Å². The first-order chi connectivity index (χ1) is 7.67. The molecular weight excluding hydrogens is 204 g/mol. The van der Waals surface area contributed by atoms with E-state index in [0.717, 1.165) is 6.42 Å². The van der Waals surface area contributed by atoms with Crippen LogP contribution in [0.15, 0.2) is 18.3 Å². The molecule has 1 unspecified atom stereocenters. The molecule has 0 radical (unpaired) electrons.